The Bertz CT molecular complexity index is 303. The van der Waals surface area contributed by atoms with Gasteiger partial charge >= 0.3 is 6.03 Å². The largest absolute Gasteiger partial charge is 0.393 e. The summed E-state index contributed by atoms with van der Waals surface area (Å²) in [6, 6.07) is -0.0394. The highest BCUT2D eigenvalue weighted by Gasteiger charge is 2.41. The lowest BCUT2D eigenvalue weighted by Gasteiger charge is -2.26. The van der Waals surface area contributed by atoms with Crippen molar-refractivity contribution in [1.82, 2.24) is 10.6 Å². The van der Waals surface area contributed by atoms with Crippen LogP contribution in [0, 0.1) is 11.3 Å². The summed E-state index contributed by atoms with van der Waals surface area (Å²) in [6.45, 7) is 3.72. The maximum atomic E-state index is 11.8. The van der Waals surface area contributed by atoms with Crippen molar-refractivity contribution in [2.75, 3.05) is 13.1 Å². The van der Waals surface area contributed by atoms with Crippen molar-refractivity contribution in [2.24, 2.45) is 11.3 Å². The summed E-state index contributed by atoms with van der Waals surface area (Å²) in [5.74, 6) is 0.444. The van der Waals surface area contributed by atoms with Gasteiger partial charge in [0.05, 0.1) is 6.10 Å². The highest BCUT2D eigenvalue weighted by molar-refractivity contribution is 5.73. The number of carbonyl (C=O) groups excluding carboxylic acids is 1. The first-order valence-electron chi connectivity index (χ1n) is 7.83. The number of hydrogen-bond acceptors (Lipinski definition) is 2. The molecule has 2 aliphatic rings. The van der Waals surface area contributed by atoms with Gasteiger partial charge in [0, 0.05) is 13.1 Å². The van der Waals surface area contributed by atoms with Gasteiger partial charge in [-0.2, -0.15) is 0 Å². The zero-order valence-electron chi connectivity index (χ0n) is 12.1. The predicted octanol–water partition coefficient (Wildman–Crippen LogP) is 2.42. The first-order valence-corrected chi connectivity index (χ1v) is 7.83. The van der Waals surface area contributed by atoms with Crippen molar-refractivity contribution in [3.05, 3.63) is 0 Å². The second-order valence-electron chi connectivity index (χ2n) is 6.50. The molecule has 19 heavy (non-hydrogen) atoms. The quantitative estimate of drug-likeness (QED) is 0.693. The Morgan fingerprint density at radius 1 is 1.32 bits per heavy atom. The van der Waals surface area contributed by atoms with Crippen LogP contribution in [0.2, 0.25) is 0 Å². The molecule has 0 saturated heterocycles. The lowest BCUT2D eigenvalue weighted by molar-refractivity contribution is 0.101. The third kappa shape index (κ3) is 4.68. The van der Waals surface area contributed by atoms with Crippen LogP contribution in [0.1, 0.15) is 58.3 Å². The molecule has 110 valence electrons. The third-order valence-corrected chi connectivity index (χ3v) is 4.67. The summed E-state index contributed by atoms with van der Waals surface area (Å²) in [7, 11) is 0. The zero-order chi connectivity index (χ0) is 13.7. The van der Waals surface area contributed by atoms with Crippen LogP contribution in [-0.4, -0.2) is 30.3 Å². The lowest BCUT2D eigenvalue weighted by atomic mass is 9.87. The molecule has 0 heterocycles. The summed E-state index contributed by atoms with van der Waals surface area (Å²) in [5, 5.41) is 15.6. The molecule has 2 aliphatic carbocycles. The smallest absolute Gasteiger partial charge is 0.314 e. The van der Waals surface area contributed by atoms with E-state index in [0.29, 0.717) is 17.9 Å². The van der Waals surface area contributed by atoms with E-state index in [-0.39, 0.29) is 12.1 Å². The first-order chi connectivity index (χ1) is 9.13. The van der Waals surface area contributed by atoms with E-state index in [0.717, 1.165) is 32.2 Å². The first kappa shape index (κ1) is 14.6. The molecule has 4 nitrogen and oxygen atoms in total. The number of hydrogen-bond donors (Lipinski definition) is 3. The predicted molar refractivity (Wildman–Crippen MR) is 75.9 cm³/mol. The van der Waals surface area contributed by atoms with E-state index in [9.17, 15) is 9.90 Å². The summed E-state index contributed by atoms with van der Waals surface area (Å²) in [4.78, 5) is 11.8. The topological polar surface area (TPSA) is 61.4 Å². The van der Waals surface area contributed by atoms with Crippen LogP contribution in [-0.2, 0) is 0 Å². The third-order valence-electron chi connectivity index (χ3n) is 4.67. The Balaban J connectivity index is 1.59. The number of nitrogens with one attached hydrogen (secondary N) is 2. The van der Waals surface area contributed by atoms with Gasteiger partial charge in [0.15, 0.2) is 0 Å². The molecule has 0 spiro atoms. The van der Waals surface area contributed by atoms with E-state index in [1.165, 1.54) is 25.7 Å². The summed E-state index contributed by atoms with van der Waals surface area (Å²) >= 11 is 0. The van der Waals surface area contributed by atoms with Crippen LogP contribution in [0.3, 0.4) is 0 Å². The van der Waals surface area contributed by atoms with E-state index >= 15 is 0 Å². The molecule has 0 radical (unpaired) electrons. The molecule has 2 atom stereocenters. The average Bonchev–Trinajstić information content (AvgIpc) is 3.15. The molecule has 0 aromatic carbocycles. The minimum Gasteiger partial charge on any atom is -0.393 e. The fourth-order valence-corrected chi connectivity index (χ4v) is 3.24. The number of aliphatic hydroxyl groups excluding tert-OH is 1. The van der Waals surface area contributed by atoms with Crippen LogP contribution in [0.15, 0.2) is 0 Å². The molecule has 2 saturated carbocycles. The Hall–Kier alpha value is -0.770. The van der Waals surface area contributed by atoms with E-state index < -0.39 is 0 Å². The van der Waals surface area contributed by atoms with Crippen LogP contribution in [0.4, 0.5) is 4.79 Å². The standard InChI is InChI=1S/C15H28N2O2/c1-2-6-15(7-8-15)11-17-14(19)16-10-12-4-3-5-13(18)9-12/h12-13,18H,2-11H2,1H3,(H2,16,17,19). The fraction of sp³-hybridized carbons (Fsp3) is 0.933. The molecule has 0 bridgehead atoms. The molecule has 2 unspecified atom stereocenters. The normalized spacial score (nSPS) is 28.7. The van der Waals surface area contributed by atoms with Crippen molar-refractivity contribution in [2.45, 2.75) is 64.4 Å². The minimum atomic E-state index is -0.164. The Labute approximate surface area is 116 Å². The van der Waals surface area contributed by atoms with Crippen LogP contribution >= 0.6 is 0 Å². The van der Waals surface area contributed by atoms with E-state index in [1.54, 1.807) is 0 Å². The van der Waals surface area contributed by atoms with Crippen molar-refractivity contribution < 1.29 is 9.90 Å². The lowest BCUT2D eigenvalue weighted by Crippen LogP contribution is -2.41. The monoisotopic (exact) mass is 268 g/mol. The van der Waals surface area contributed by atoms with E-state index in [2.05, 4.69) is 17.6 Å². The maximum Gasteiger partial charge on any atom is 0.314 e. The molecule has 2 fully saturated rings. The second-order valence-corrected chi connectivity index (χ2v) is 6.50. The zero-order valence-corrected chi connectivity index (χ0v) is 12.1. The van der Waals surface area contributed by atoms with Crippen molar-refractivity contribution in [3.8, 4) is 0 Å². The van der Waals surface area contributed by atoms with Crippen LogP contribution < -0.4 is 10.6 Å². The Morgan fingerprint density at radius 3 is 2.74 bits per heavy atom. The Kier molecular flexibility index (Phi) is 5.08. The van der Waals surface area contributed by atoms with Gasteiger partial charge in [-0.15, -0.1) is 0 Å². The van der Waals surface area contributed by atoms with Crippen molar-refractivity contribution in [1.29, 1.82) is 0 Å². The molecule has 0 aliphatic heterocycles. The van der Waals surface area contributed by atoms with E-state index in [4.69, 9.17) is 0 Å². The average molecular weight is 268 g/mol. The van der Waals surface area contributed by atoms with Gasteiger partial charge in [0.1, 0.15) is 0 Å². The van der Waals surface area contributed by atoms with Crippen molar-refractivity contribution in [3.63, 3.8) is 0 Å². The number of amides is 2. The van der Waals surface area contributed by atoms with Crippen LogP contribution in [0.5, 0.6) is 0 Å². The van der Waals surface area contributed by atoms with Gasteiger partial charge in [-0.05, 0) is 49.9 Å². The number of carbonyl (C=O) groups is 1. The van der Waals surface area contributed by atoms with E-state index in [1.807, 2.05) is 0 Å². The molecule has 3 N–H and O–H groups in total. The van der Waals surface area contributed by atoms with Crippen LogP contribution in [0.25, 0.3) is 0 Å². The molecule has 4 heteroatoms. The van der Waals surface area contributed by atoms with Gasteiger partial charge in [-0.25, -0.2) is 4.79 Å². The van der Waals surface area contributed by atoms with Gasteiger partial charge in [-0.1, -0.05) is 19.8 Å². The summed E-state index contributed by atoms with van der Waals surface area (Å²) < 4.78 is 0. The van der Waals surface area contributed by atoms with Gasteiger partial charge in [0.2, 0.25) is 0 Å². The fourth-order valence-electron chi connectivity index (χ4n) is 3.24. The molecular formula is C15H28N2O2. The Morgan fingerprint density at radius 2 is 2.11 bits per heavy atom. The molecular weight excluding hydrogens is 240 g/mol. The number of urea groups is 1. The number of rotatable bonds is 6. The highest BCUT2D eigenvalue weighted by Crippen LogP contribution is 2.48. The molecule has 0 aromatic rings. The van der Waals surface area contributed by atoms with Gasteiger partial charge < -0.3 is 15.7 Å². The summed E-state index contributed by atoms with van der Waals surface area (Å²) in [6.07, 6.45) is 8.73. The maximum absolute atomic E-state index is 11.8. The minimum absolute atomic E-state index is 0.0394. The molecule has 2 rings (SSSR count). The SMILES string of the molecule is CCCC1(CNC(=O)NCC2CCCC(O)C2)CC1. The number of aliphatic hydroxyl groups is 1. The summed E-state index contributed by atoms with van der Waals surface area (Å²) in [5.41, 5.74) is 0.410. The van der Waals surface area contributed by atoms with Crippen molar-refractivity contribution >= 4 is 6.03 Å². The van der Waals surface area contributed by atoms with Gasteiger partial charge in [0.25, 0.3) is 0 Å². The molecule has 2 amide bonds. The molecule has 0 aromatic heterocycles. The van der Waals surface area contributed by atoms with Gasteiger partial charge in [-0.3, -0.25) is 0 Å². The highest BCUT2D eigenvalue weighted by atomic mass is 16.3. The second kappa shape index (κ2) is 6.60.